The Balaban J connectivity index is 2.58. The fourth-order valence-corrected chi connectivity index (χ4v) is 1.92. The Kier molecular flexibility index (Phi) is 3.19. The molecule has 0 spiro atoms. The molecule has 0 aliphatic rings. The van der Waals surface area contributed by atoms with E-state index in [1.165, 1.54) is 0 Å². The van der Waals surface area contributed by atoms with Crippen molar-refractivity contribution >= 4 is 16.7 Å². The zero-order chi connectivity index (χ0) is 13.3. The molecular formula is C14H15NO3. The Morgan fingerprint density at radius 1 is 1.39 bits per heavy atom. The van der Waals surface area contributed by atoms with Gasteiger partial charge in [0.05, 0.1) is 13.0 Å². The number of aliphatic carboxylic acids is 1. The maximum Gasteiger partial charge on any atom is 0.310 e. The first-order valence-electron chi connectivity index (χ1n) is 5.71. The van der Waals surface area contributed by atoms with Gasteiger partial charge in [-0.25, -0.2) is 4.98 Å². The van der Waals surface area contributed by atoms with Crippen molar-refractivity contribution in [2.75, 3.05) is 7.11 Å². The third-order valence-corrected chi connectivity index (χ3v) is 3.10. The Morgan fingerprint density at radius 2 is 2.11 bits per heavy atom. The second-order valence-electron chi connectivity index (χ2n) is 4.29. The number of benzene rings is 1. The van der Waals surface area contributed by atoms with Crippen LogP contribution in [-0.2, 0) is 4.79 Å². The van der Waals surface area contributed by atoms with Crippen LogP contribution in [0.1, 0.15) is 24.1 Å². The maximum absolute atomic E-state index is 11.0. The average molecular weight is 245 g/mol. The van der Waals surface area contributed by atoms with Crippen LogP contribution in [0.2, 0.25) is 0 Å². The zero-order valence-electron chi connectivity index (χ0n) is 10.6. The lowest BCUT2D eigenvalue weighted by Crippen LogP contribution is -2.07. The van der Waals surface area contributed by atoms with Gasteiger partial charge >= 0.3 is 5.97 Å². The van der Waals surface area contributed by atoms with Crippen LogP contribution in [0, 0.1) is 6.92 Å². The number of aryl methyl sites for hydroxylation is 1. The number of rotatable bonds is 3. The lowest BCUT2D eigenvalue weighted by Gasteiger charge is -2.10. The van der Waals surface area contributed by atoms with Gasteiger partial charge in [0.1, 0.15) is 0 Å². The van der Waals surface area contributed by atoms with Crippen molar-refractivity contribution < 1.29 is 14.6 Å². The molecule has 1 N–H and O–H groups in total. The molecule has 0 fully saturated rings. The van der Waals surface area contributed by atoms with Gasteiger partial charge in [-0.15, -0.1) is 0 Å². The Labute approximate surface area is 105 Å². The highest BCUT2D eigenvalue weighted by Gasteiger charge is 2.14. The number of hydrogen-bond acceptors (Lipinski definition) is 3. The summed E-state index contributed by atoms with van der Waals surface area (Å²) in [4.78, 5) is 15.3. The standard InChI is InChI=1S/C14H15NO3/c1-8(14(16)17)10-4-5-11-7-13(18-3)15-9(2)12(11)6-10/h4-8H,1-3H3,(H,16,17). The minimum absolute atomic E-state index is 0.518. The van der Waals surface area contributed by atoms with Crippen LogP contribution in [0.15, 0.2) is 24.3 Å². The van der Waals surface area contributed by atoms with Crippen LogP contribution in [-0.4, -0.2) is 23.2 Å². The number of carboxylic acid groups (broad SMARTS) is 1. The summed E-state index contributed by atoms with van der Waals surface area (Å²) in [6.45, 7) is 3.57. The molecular weight excluding hydrogens is 230 g/mol. The molecule has 2 aromatic rings. The molecule has 0 saturated carbocycles. The molecule has 0 radical (unpaired) electrons. The van der Waals surface area contributed by atoms with Crippen molar-refractivity contribution in [3.05, 3.63) is 35.5 Å². The van der Waals surface area contributed by atoms with E-state index in [0.717, 1.165) is 22.0 Å². The molecule has 0 aliphatic carbocycles. The van der Waals surface area contributed by atoms with Crippen molar-refractivity contribution in [3.63, 3.8) is 0 Å². The first kappa shape index (κ1) is 12.4. The molecule has 1 atom stereocenters. The zero-order valence-corrected chi connectivity index (χ0v) is 10.6. The maximum atomic E-state index is 11.0. The molecule has 4 heteroatoms. The molecule has 1 heterocycles. The van der Waals surface area contributed by atoms with Crippen LogP contribution in [0.25, 0.3) is 10.8 Å². The van der Waals surface area contributed by atoms with E-state index in [4.69, 9.17) is 9.84 Å². The van der Waals surface area contributed by atoms with Crippen molar-refractivity contribution in [1.29, 1.82) is 0 Å². The Bertz CT molecular complexity index is 607. The highest BCUT2D eigenvalue weighted by atomic mass is 16.5. The van der Waals surface area contributed by atoms with Crippen molar-refractivity contribution in [3.8, 4) is 5.88 Å². The molecule has 0 aliphatic heterocycles. The molecule has 94 valence electrons. The largest absolute Gasteiger partial charge is 0.481 e. The summed E-state index contributed by atoms with van der Waals surface area (Å²) in [5.74, 6) is -0.775. The predicted octanol–water partition coefficient (Wildman–Crippen LogP) is 2.74. The molecule has 0 saturated heterocycles. The number of pyridine rings is 1. The van der Waals surface area contributed by atoms with Crippen molar-refractivity contribution in [2.24, 2.45) is 0 Å². The quantitative estimate of drug-likeness (QED) is 0.903. The van der Waals surface area contributed by atoms with Gasteiger partial charge in [-0.3, -0.25) is 4.79 Å². The van der Waals surface area contributed by atoms with Crippen LogP contribution in [0.5, 0.6) is 5.88 Å². The fourth-order valence-electron chi connectivity index (χ4n) is 1.92. The second-order valence-corrected chi connectivity index (χ2v) is 4.29. The smallest absolute Gasteiger partial charge is 0.310 e. The fraction of sp³-hybridized carbons (Fsp3) is 0.286. The number of ether oxygens (including phenoxy) is 1. The van der Waals surface area contributed by atoms with E-state index in [0.29, 0.717) is 5.88 Å². The summed E-state index contributed by atoms with van der Waals surface area (Å²) in [6, 6.07) is 7.47. The second kappa shape index (κ2) is 4.64. The third-order valence-electron chi connectivity index (χ3n) is 3.10. The number of hydrogen-bond donors (Lipinski definition) is 1. The number of carbonyl (C=O) groups is 1. The number of fused-ring (bicyclic) bond motifs is 1. The van der Waals surface area contributed by atoms with E-state index in [9.17, 15) is 4.79 Å². The molecule has 2 rings (SSSR count). The van der Waals surface area contributed by atoms with Gasteiger partial charge in [-0.2, -0.15) is 0 Å². The van der Waals surface area contributed by atoms with Crippen LogP contribution in [0.3, 0.4) is 0 Å². The topological polar surface area (TPSA) is 59.4 Å². The number of nitrogens with zero attached hydrogens (tertiary/aromatic N) is 1. The molecule has 0 amide bonds. The van der Waals surface area contributed by atoms with Gasteiger partial charge in [0, 0.05) is 17.1 Å². The summed E-state index contributed by atoms with van der Waals surface area (Å²) in [7, 11) is 1.58. The monoisotopic (exact) mass is 245 g/mol. The number of aromatic nitrogens is 1. The van der Waals surface area contributed by atoms with Gasteiger partial charge in [0.15, 0.2) is 0 Å². The van der Waals surface area contributed by atoms with E-state index in [2.05, 4.69) is 4.98 Å². The van der Waals surface area contributed by atoms with Crippen molar-refractivity contribution in [2.45, 2.75) is 19.8 Å². The first-order chi connectivity index (χ1) is 8.52. The van der Waals surface area contributed by atoms with Gasteiger partial charge in [0.2, 0.25) is 5.88 Å². The molecule has 0 bridgehead atoms. The van der Waals surface area contributed by atoms with Crippen LogP contribution < -0.4 is 4.74 Å². The van der Waals surface area contributed by atoms with Gasteiger partial charge in [0.25, 0.3) is 0 Å². The Hall–Kier alpha value is -2.10. The summed E-state index contributed by atoms with van der Waals surface area (Å²) in [5.41, 5.74) is 1.62. The lowest BCUT2D eigenvalue weighted by molar-refractivity contribution is -0.138. The van der Waals surface area contributed by atoms with Gasteiger partial charge in [-0.05, 0) is 30.9 Å². The highest BCUT2D eigenvalue weighted by molar-refractivity contribution is 5.87. The van der Waals surface area contributed by atoms with E-state index >= 15 is 0 Å². The summed E-state index contributed by atoms with van der Waals surface area (Å²) >= 11 is 0. The van der Waals surface area contributed by atoms with Crippen LogP contribution in [0.4, 0.5) is 0 Å². The highest BCUT2D eigenvalue weighted by Crippen LogP contribution is 2.26. The summed E-state index contributed by atoms with van der Waals surface area (Å²) in [5, 5.41) is 11.0. The first-order valence-corrected chi connectivity index (χ1v) is 5.71. The van der Waals surface area contributed by atoms with Crippen LogP contribution >= 0.6 is 0 Å². The minimum atomic E-state index is -0.825. The molecule has 4 nitrogen and oxygen atoms in total. The lowest BCUT2D eigenvalue weighted by atomic mass is 9.97. The van der Waals surface area contributed by atoms with Gasteiger partial charge < -0.3 is 9.84 Å². The third kappa shape index (κ3) is 2.14. The van der Waals surface area contributed by atoms with E-state index in [-0.39, 0.29) is 0 Å². The average Bonchev–Trinajstić information content (AvgIpc) is 2.37. The molecule has 1 unspecified atom stereocenters. The van der Waals surface area contributed by atoms with E-state index in [1.54, 1.807) is 14.0 Å². The molecule has 1 aromatic heterocycles. The van der Waals surface area contributed by atoms with Crippen molar-refractivity contribution in [1.82, 2.24) is 4.98 Å². The number of carboxylic acids is 1. The molecule has 18 heavy (non-hydrogen) atoms. The summed E-state index contributed by atoms with van der Waals surface area (Å²) < 4.78 is 5.11. The SMILES string of the molecule is COc1cc2ccc(C(C)C(=O)O)cc2c(C)n1. The Morgan fingerprint density at radius 3 is 2.72 bits per heavy atom. The van der Waals surface area contributed by atoms with E-state index < -0.39 is 11.9 Å². The molecule has 1 aromatic carbocycles. The predicted molar refractivity (Wildman–Crippen MR) is 69.1 cm³/mol. The number of methoxy groups -OCH3 is 1. The minimum Gasteiger partial charge on any atom is -0.481 e. The normalized spacial score (nSPS) is 12.4. The summed E-state index contributed by atoms with van der Waals surface area (Å²) in [6.07, 6.45) is 0. The van der Waals surface area contributed by atoms with Gasteiger partial charge in [-0.1, -0.05) is 12.1 Å². The van der Waals surface area contributed by atoms with E-state index in [1.807, 2.05) is 31.2 Å².